The minimum atomic E-state index is -1.08. The zero-order valence-electron chi connectivity index (χ0n) is 9.65. The molecule has 0 unspecified atom stereocenters. The molecule has 0 atom stereocenters. The molecule has 2 aromatic rings. The van der Waals surface area contributed by atoms with E-state index in [2.05, 4.69) is 20.6 Å². The van der Waals surface area contributed by atoms with Gasteiger partial charge < -0.3 is 10.4 Å². The molecule has 0 amide bonds. The number of hydrogen-bond acceptors (Lipinski definition) is 5. The number of aryl methyl sites for hydroxylation is 1. The molecule has 0 aliphatic rings. The largest absolute Gasteiger partial charge is 0.476 e. The van der Waals surface area contributed by atoms with Gasteiger partial charge in [0.2, 0.25) is 0 Å². The van der Waals surface area contributed by atoms with Crippen LogP contribution in [0.3, 0.4) is 0 Å². The minimum Gasteiger partial charge on any atom is -0.476 e. The number of carboxylic acid groups (broad SMARTS) is 1. The van der Waals surface area contributed by atoms with Gasteiger partial charge in [0.25, 0.3) is 0 Å². The molecular weight excluding hydrogens is 234 g/mol. The highest BCUT2D eigenvalue weighted by Crippen LogP contribution is 2.02. The van der Waals surface area contributed by atoms with Gasteiger partial charge in [-0.2, -0.15) is 5.10 Å². The molecule has 94 valence electrons. The van der Waals surface area contributed by atoms with E-state index in [9.17, 15) is 4.79 Å². The molecular formula is C11H13N5O2. The Kier molecular flexibility index (Phi) is 3.85. The first kappa shape index (κ1) is 12.0. The second-order valence-electron chi connectivity index (χ2n) is 3.66. The molecule has 0 saturated carbocycles. The highest BCUT2D eigenvalue weighted by Gasteiger charge is 2.04. The number of carbonyl (C=O) groups is 1. The maximum absolute atomic E-state index is 10.6. The molecule has 0 aliphatic heterocycles. The summed E-state index contributed by atoms with van der Waals surface area (Å²) in [6, 6.07) is 4.90. The lowest BCUT2D eigenvalue weighted by Crippen LogP contribution is -2.09. The van der Waals surface area contributed by atoms with E-state index in [1.54, 1.807) is 12.3 Å². The van der Waals surface area contributed by atoms with Crippen molar-refractivity contribution in [1.82, 2.24) is 20.0 Å². The average Bonchev–Trinajstić information content (AvgIpc) is 2.88. The highest BCUT2D eigenvalue weighted by molar-refractivity contribution is 5.85. The van der Waals surface area contributed by atoms with E-state index in [0.29, 0.717) is 5.82 Å². The Morgan fingerprint density at radius 3 is 2.89 bits per heavy atom. The Bertz CT molecular complexity index is 495. The van der Waals surface area contributed by atoms with E-state index >= 15 is 0 Å². The Morgan fingerprint density at radius 2 is 2.28 bits per heavy atom. The SMILES string of the molecule is O=C(O)c1ccc(NCCCn2cccn2)nn1. The lowest BCUT2D eigenvalue weighted by Gasteiger charge is -2.05. The molecule has 2 N–H and O–H groups in total. The molecule has 7 heteroatoms. The first-order valence-electron chi connectivity index (χ1n) is 5.54. The molecule has 0 radical (unpaired) electrons. The van der Waals surface area contributed by atoms with Crippen LogP contribution < -0.4 is 5.32 Å². The van der Waals surface area contributed by atoms with E-state index in [0.717, 1.165) is 19.5 Å². The Labute approximate surface area is 103 Å². The van der Waals surface area contributed by atoms with Gasteiger partial charge in [-0.15, -0.1) is 10.2 Å². The average molecular weight is 247 g/mol. The number of aromatic nitrogens is 4. The Hall–Kier alpha value is -2.44. The van der Waals surface area contributed by atoms with Gasteiger partial charge in [-0.1, -0.05) is 0 Å². The second kappa shape index (κ2) is 5.76. The summed E-state index contributed by atoms with van der Waals surface area (Å²) in [5, 5.41) is 23.2. The van der Waals surface area contributed by atoms with E-state index < -0.39 is 5.97 Å². The molecule has 0 bridgehead atoms. The fraction of sp³-hybridized carbons (Fsp3) is 0.273. The Balaban J connectivity index is 1.75. The lowest BCUT2D eigenvalue weighted by atomic mass is 10.3. The van der Waals surface area contributed by atoms with Crippen LogP contribution in [-0.4, -0.2) is 37.6 Å². The summed E-state index contributed by atoms with van der Waals surface area (Å²) in [6.45, 7) is 1.54. The van der Waals surface area contributed by atoms with Crippen molar-refractivity contribution in [2.45, 2.75) is 13.0 Å². The first-order chi connectivity index (χ1) is 8.75. The summed E-state index contributed by atoms with van der Waals surface area (Å²) in [6.07, 6.45) is 4.54. The van der Waals surface area contributed by atoms with Crippen LogP contribution >= 0.6 is 0 Å². The molecule has 7 nitrogen and oxygen atoms in total. The van der Waals surface area contributed by atoms with E-state index in [4.69, 9.17) is 5.11 Å². The molecule has 0 aliphatic carbocycles. The van der Waals surface area contributed by atoms with Gasteiger partial charge in [0.15, 0.2) is 5.69 Å². The minimum absolute atomic E-state index is 0.0582. The zero-order valence-corrected chi connectivity index (χ0v) is 9.65. The molecule has 0 fully saturated rings. The third-order valence-corrected chi connectivity index (χ3v) is 2.31. The number of anilines is 1. The van der Waals surface area contributed by atoms with Gasteiger partial charge in [-0.25, -0.2) is 4.79 Å². The van der Waals surface area contributed by atoms with Crippen molar-refractivity contribution < 1.29 is 9.90 Å². The summed E-state index contributed by atoms with van der Waals surface area (Å²) in [4.78, 5) is 10.6. The van der Waals surface area contributed by atoms with Crippen molar-refractivity contribution >= 4 is 11.8 Å². The normalized spacial score (nSPS) is 10.2. The third kappa shape index (κ3) is 3.27. The Morgan fingerprint density at radius 1 is 1.39 bits per heavy atom. The summed E-state index contributed by atoms with van der Waals surface area (Å²) >= 11 is 0. The fourth-order valence-corrected chi connectivity index (χ4v) is 1.43. The summed E-state index contributed by atoms with van der Waals surface area (Å²) < 4.78 is 1.85. The maximum atomic E-state index is 10.6. The van der Waals surface area contributed by atoms with Crippen LogP contribution in [0.4, 0.5) is 5.82 Å². The van der Waals surface area contributed by atoms with Crippen molar-refractivity contribution in [3.8, 4) is 0 Å². The van der Waals surface area contributed by atoms with Crippen LogP contribution in [0.15, 0.2) is 30.6 Å². The van der Waals surface area contributed by atoms with Gasteiger partial charge in [0.05, 0.1) is 0 Å². The molecule has 18 heavy (non-hydrogen) atoms. The molecule has 0 spiro atoms. The highest BCUT2D eigenvalue weighted by atomic mass is 16.4. The van der Waals surface area contributed by atoms with Gasteiger partial charge in [-0.3, -0.25) is 4.68 Å². The number of nitrogens with zero attached hydrogens (tertiary/aromatic N) is 4. The summed E-state index contributed by atoms with van der Waals surface area (Å²) in [5.74, 6) is -0.506. The molecule has 0 aromatic carbocycles. The van der Waals surface area contributed by atoms with E-state index in [-0.39, 0.29) is 5.69 Å². The van der Waals surface area contributed by atoms with Gasteiger partial charge >= 0.3 is 5.97 Å². The molecule has 0 saturated heterocycles. The van der Waals surface area contributed by atoms with Crippen LogP contribution in [0, 0.1) is 0 Å². The second-order valence-corrected chi connectivity index (χ2v) is 3.66. The van der Waals surface area contributed by atoms with Crippen LogP contribution in [0.5, 0.6) is 0 Å². The van der Waals surface area contributed by atoms with Gasteiger partial charge in [0.1, 0.15) is 5.82 Å². The standard InChI is InChI=1S/C11H13N5O2/c17-11(18)9-3-4-10(15-14-9)12-5-1-7-16-8-2-6-13-16/h2-4,6,8H,1,5,7H2,(H,12,15)(H,17,18). The molecule has 2 aromatic heterocycles. The smallest absolute Gasteiger partial charge is 0.356 e. The van der Waals surface area contributed by atoms with Crippen molar-refractivity contribution in [3.05, 3.63) is 36.3 Å². The van der Waals surface area contributed by atoms with Crippen LogP contribution in [0.25, 0.3) is 0 Å². The zero-order chi connectivity index (χ0) is 12.8. The van der Waals surface area contributed by atoms with Crippen LogP contribution in [0.1, 0.15) is 16.9 Å². The number of aromatic carboxylic acids is 1. The number of rotatable bonds is 6. The predicted molar refractivity (Wildman–Crippen MR) is 64.3 cm³/mol. The summed E-state index contributed by atoms with van der Waals surface area (Å²) in [5.41, 5.74) is -0.0582. The van der Waals surface area contributed by atoms with Crippen molar-refractivity contribution in [1.29, 1.82) is 0 Å². The third-order valence-electron chi connectivity index (χ3n) is 2.31. The predicted octanol–water partition coefficient (Wildman–Crippen LogP) is 0.873. The van der Waals surface area contributed by atoms with Crippen molar-refractivity contribution in [2.75, 3.05) is 11.9 Å². The van der Waals surface area contributed by atoms with Gasteiger partial charge in [-0.05, 0) is 24.6 Å². The lowest BCUT2D eigenvalue weighted by molar-refractivity contribution is 0.0689. The number of nitrogens with one attached hydrogen (secondary N) is 1. The quantitative estimate of drug-likeness (QED) is 0.736. The molecule has 2 rings (SSSR count). The van der Waals surface area contributed by atoms with Crippen molar-refractivity contribution in [2.24, 2.45) is 0 Å². The van der Waals surface area contributed by atoms with Gasteiger partial charge in [0, 0.05) is 25.5 Å². The summed E-state index contributed by atoms with van der Waals surface area (Å²) in [7, 11) is 0. The van der Waals surface area contributed by atoms with Crippen LogP contribution in [-0.2, 0) is 6.54 Å². The topological polar surface area (TPSA) is 92.9 Å². The van der Waals surface area contributed by atoms with Crippen LogP contribution in [0.2, 0.25) is 0 Å². The fourth-order valence-electron chi connectivity index (χ4n) is 1.43. The monoisotopic (exact) mass is 247 g/mol. The van der Waals surface area contributed by atoms with Crippen molar-refractivity contribution in [3.63, 3.8) is 0 Å². The first-order valence-corrected chi connectivity index (χ1v) is 5.54. The van der Waals surface area contributed by atoms with E-state index in [1.165, 1.54) is 6.07 Å². The maximum Gasteiger partial charge on any atom is 0.356 e. The number of hydrogen-bond donors (Lipinski definition) is 2. The molecule has 2 heterocycles. The number of carboxylic acids is 1. The van der Waals surface area contributed by atoms with E-state index in [1.807, 2.05) is 16.9 Å².